The van der Waals surface area contributed by atoms with E-state index in [9.17, 15) is 4.79 Å². The first kappa shape index (κ1) is 10.6. The van der Waals surface area contributed by atoms with Gasteiger partial charge in [-0.05, 0) is 19.3 Å². The van der Waals surface area contributed by atoms with Crippen molar-refractivity contribution < 1.29 is 4.79 Å². The van der Waals surface area contributed by atoms with E-state index >= 15 is 0 Å². The number of thiazole rings is 1. The fourth-order valence-electron chi connectivity index (χ4n) is 1.69. The molecule has 0 aromatic carbocycles. The highest BCUT2D eigenvalue weighted by atomic mass is 32.1. The van der Waals surface area contributed by atoms with Crippen LogP contribution < -0.4 is 10.6 Å². The highest BCUT2D eigenvalue weighted by molar-refractivity contribution is 7.07. The van der Waals surface area contributed by atoms with E-state index < -0.39 is 0 Å². The second kappa shape index (κ2) is 5.23. The van der Waals surface area contributed by atoms with Crippen molar-refractivity contribution in [3.05, 3.63) is 16.6 Å². The molecule has 0 aliphatic carbocycles. The number of nitrogens with one attached hydrogen (secondary N) is 2. The molecule has 0 bridgehead atoms. The highest BCUT2D eigenvalue weighted by Crippen LogP contribution is 2.07. The van der Waals surface area contributed by atoms with Crippen molar-refractivity contribution in [1.82, 2.24) is 15.6 Å². The van der Waals surface area contributed by atoms with E-state index in [1.54, 1.807) is 11.3 Å². The van der Waals surface area contributed by atoms with E-state index in [-0.39, 0.29) is 11.9 Å². The van der Waals surface area contributed by atoms with E-state index in [1.807, 2.05) is 10.9 Å². The molecule has 4 nitrogen and oxygen atoms in total. The average Bonchev–Trinajstić information content (AvgIpc) is 2.67. The van der Waals surface area contributed by atoms with Gasteiger partial charge in [-0.15, -0.1) is 11.3 Å². The molecule has 1 fully saturated rings. The lowest BCUT2D eigenvalue weighted by Gasteiger charge is -2.13. The van der Waals surface area contributed by atoms with Gasteiger partial charge in [-0.1, -0.05) is 0 Å². The van der Waals surface area contributed by atoms with Gasteiger partial charge in [0.25, 0.3) is 0 Å². The van der Waals surface area contributed by atoms with Crippen LogP contribution in [0.2, 0.25) is 0 Å². The quantitative estimate of drug-likeness (QED) is 0.803. The van der Waals surface area contributed by atoms with Gasteiger partial charge >= 0.3 is 0 Å². The summed E-state index contributed by atoms with van der Waals surface area (Å²) in [5, 5.41) is 8.15. The minimum absolute atomic E-state index is 0.0470. The van der Waals surface area contributed by atoms with E-state index in [0.717, 1.165) is 31.5 Å². The number of nitrogens with zero attached hydrogens (tertiary/aromatic N) is 1. The second-order valence-corrected chi connectivity index (χ2v) is 4.42. The summed E-state index contributed by atoms with van der Waals surface area (Å²) >= 11 is 1.58. The highest BCUT2D eigenvalue weighted by Gasteiger charge is 2.19. The number of hydrogen-bond acceptors (Lipinski definition) is 4. The Morgan fingerprint density at radius 3 is 3.33 bits per heavy atom. The normalized spacial score (nSPS) is 22.1. The Bertz CT molecular complexity index is 312. The summed E-state index contributed by atoms with van der Waals surface area (Å²) in [5.41, 5.74) is 2.82. The van der Waals surface area contributed by atoms with Crippen LogP contribution >= 0.6 is 11.3 Å². The topological polar surface area (TPSA) is 54.0 Å². The SMILES string of the molecule is O=C1NCCCCC1NCc1cscn1. The summed E-state index contributed by atoms with van der Waals surface area (Å²) in [5.74, 6) is 0.128. The summed E-state index contributed by atoms with van der Waals surface area (Å²) in [6.45, 7) is 1.50. The molecule has 1 atom stereocenters. The molecule has 1 aliphatic rings. The lowest BCUT2D eigenvalue weighted by molar-refractivity contribution is -0.122. The third kappa shape index (κ3) is 3.00. The molecular formula is C10H15N3OS. The van der Waals surface area contributed by atoms with Crippen LogP contribution in [0.15, 0.2) is 10.9 Å². The van der Waals surface area contributed by atoms with Crippen molar-refractivity contribution in [2.45, 2.75) is 31.8 Å². The number of aromatic nitrogens is 1. The maximum absolute atomic E-state index is 11.6. The number of rotatable bonds is 3. The largest absolute Gasteiger partial charge is 0.355 e. The summed E-state index contributed by atoms with van der Waals surface area (Å²) in [6.07, 6.45) is 3.12. The lowest BCUT2D eigenvalue weighted by atomic mass is 10.1. The Hall–Kier alpha value is -0.940. The summed E-state index contributed by atoms with van der Waals surface area (Å²) in [7, 11) is 0. The zero-order valence-electron chi connectivity index (χ0n) is 8.53. The maximum atomic E-state index is 11.6. The van der Waals surface area contributed by atoms with Gasteiger partial charge in [-0.2, -0.15) is 0 Å². The summed E-state index contributed by atoms with van der Waals surface area (Å²) in [6, 6.07) is -0.0470. The van der Waals surface area contributed by atoms with Gasteiger partial charge in [0.05, 0.1) is 17.2 Å². The Balaban J connectivity index is 1.84. The minimum atomic E-state index is -0.0470. The average molecular weight is 225 g/mol. The molecule has 2 heterocycles. The van der Waals surface area contributed by atoms with E-state index in [1.165, 1.54) is 0 Å². The first-order chi connectivity index (χ1) is 7.36. The molecule has 15 heavy (non-hydrogen) atoms. The molecule has 1 amide bonds. The van der Waals surface area contributed by atoms with Crippen LogP contribution in [0.4, 0.5) is 0 Å². The number of carbonyl (C=O) groups is 1. The molecule has 5 heteroatoms. The van der Waals surface area contributed by atoms with Gasteiger partial charge in [0.1, 0.15) is 0 Å². The van der Waals surface area contributed by atoms with Crippen LogP contribution in [-0.2, 0) is 11.3 Å². The fraction of sp³-hybridized carbons (Fsp3) is 0.600. The number of carbonyl (C=O) groups excluding carboxylic acids is 1. The molecular weight excluding hydrogens is 210 g/mol. The zero-order chi connectivity index (χ0) is 10.5. The molecule has 1 aromatic heterocycles. The Morgan fingerprint density at radius 1 is 1.60 bits per heavy atom. The number of amides is 1. The van der Waals surface area contributed by atoms with Crippen molar-refractivity contribution in [3.8, 4) is 0 Å². The van der Waals surface area contributed by atoms with Gasteiger partial charge < -0.3 is 10.6 Å². The van der Waals surface area contributed by atoms with Crippen LogP contribution in [0, 0.1) is 0 Å². The monoisotopic (exact) mass is 225 g/mol. The third-order valence-corrected chi connectivity index (χ3v) is 3.18. The van der Waals surface area contributed by atoms with Crippen molar-refractivity contribution in [2.75, 3.05) is 6.54 Å². The minimum Gasteiger partial charge on any atom is -0.355 e. The molecule has 1 unspecified atom stereocenters. The van der Waals surface area contributed by atoms with E-state index in [4.69, 9.17) is 0 Å². The van der Waals surface area contributed by atoms with Crippen molar-refractivity contribution in [1.29, 1.82) is 0 Å². The molecule has 0 saturated carbocycles. The Kier molecular flexibility index (Phi) is 3.69. The lowest BCUT2D eigenvalue weighted by Crippen LogP contribution is -2.42. The molecule has 1 saturated heterocycles. The molecule has 2 N–H and O–H groups in total. The number of hydrogen-bond donors (Lipinski definition) is 2. The van der Waals surface area contributed by atoms with Gasteiger partial charge in [0.2, 0.25) is 5.91 Å². The van der Waals surface area contributed by atoms with E-state index in [0.29, 0.717) is 6.54 Å². The standard InChI is InChI=1S/C10H15N3OS/c14-10-9(3-1-2-4-11-10)12-5-8-6-15-7-13-8/h6-7,9,12H,1-5H2,(H,11,14). The predicted octanol–water partition coefficient (Wildman–Crippen LogP) is 0.901. The van der Waals surface area contributed by atoms with Crippen LogP contribution in [0.5, 0.6) is 0 Å². The molecule has 2 rings (SSSR count). The Labute approximate surface area is 93.1 Å². The molecule has 1 aromatic rings. The zero-order valence-corrected chi connectivity index (χ0v) is 9.35. The van der Waals surface area contributed by atoms with Crippen LogP contribution in [-0.4, -0.2) is 23.5 Å². The first-order valence-corrected chi connectivity index (χ1v) is 6.19. The second-order valence-electron chi connectivity index (χ2n) is 3.70. The maximum Gasteiger partial charge on any atom is 0.237 e. The molecule has 82 valence electrons. The summed E-state index contributed by atoms with van der Waals surface area (Å²) < 4.78 is 0. The van der Waals surface area contributed by atoms with Crippen LogP contribution in [0.3, 0.4) is 0 Å². The first-order valence-electron chi connectivity index (χ1n) is 5.24. The molecule has 0 radical (unpaired) electrons. The molecule has 1 aliphatic heterocycles. The fourth-order valence-corrected chi connectivity index (χ4v) is 2.25. The predicted molar refractivity (Wildman–Crippen MR) is 59.6 cm³/mol. The molecule has 0 spiro atoms. The van der Waals surface area contributed by atoms with Gasteiger partial charge in [-0.25, -0.2) is 4.98 Å². The van der Waals surface area contributed by atoms with Crippen molar-refractivity contribution >= 4 is 17.2 Å². The van der Waals surface area contributed by atoms with Crippen LogP contribution in [0.1, 0.15) is 25.0 Å². The van der Waals surface area contributed by atoms with Gasteiger partial charge in [0, 0.05) is 18.5 Å². The summed E-state index contributed by atoms with van der Waals surface area (Å²) in [4.78, 5) is 15.8. The van der Waals surface area contributed by atoms with Gasteiger partial charge in [0.15, 0.2) is 0 Å². The van der Waals surface area contributed by atoms with Gasteiger partial charge in [-0.3, -0.25) is 4.79 Å². The van der Waals surface area contributed by atoms with Crippen LogP contribution in [0.25, 0.3) is 0 Å². The van der Waals surface area contributed by atoms with Crippen molar-refractivity contribution in [3.63, 3.8) is 0 Å². The van der Waals surface area contributed by atoms with E-state index in [2.05, 4.69) is 15.6 Å². The third-order valence-electron chi connectivity index (χ3n) is 2.55. The Morgan fingerprint density at radius 2 is 2.53 bits per heavy atom. The van der Waals surface area contributed by atoms with Crippen molar-refractivity contribution in [2.24, 2.45) is 0 Å². The smallest absolute Gasteiger partial charge is 0.237 e.